The van der Waals surface area contributed by atoms with Crippen LogP contribution in [0.2, 0.25) is 5.02 Å². The molecule has 2 bridgehead atoms. The molecule has 2 aliphatic rings. The zero-order chi connectivity index (χ0) is 16.2. The van der Waals surface area contributed by atoms with Crippen LogP contribution in [0.1, 0.15) is 24.9 Å². The van der Waals surface area contributed by atoms with E-state index in [1.807, 2.05) is 36.1 Å². The number of hydrogen-bond acceptors (Lipinski definition) is 2. The standard InChI is InChI=1S/C17H14ClFN2OS/c1-17-9-14(13-8-11(19)5-6-15(13)22-17)20-16(23)21(17)12-4-2-3-10(18)7-12/h2-8,14H,9H2,1H3,(H,20,23)/t14-,17-/m0/s1. The van der Waals surface area contributed by atoms with Crippen LogP contribution in [0.5, 0.6) is 5.75 Å². The van der Waals surface area contributed by atoms with Gasteiger partial charge in [0, 0.05) is 22.7 Å². The topological polar surface area (TPSA) is 24.5 Å². The Morgan fingerprint density at radius 2 is 2.17 bits per heavy atom. The lowest BCUT2D eigenvalue weighted by Crippen LogP contribution is -2.65. The van der Waals surface area contributed by atoms with E-state index in [-0.39, 0.29) is 11.9 Å². The smallest absolute Gasteiger partial charge is 0.188 e. The minimum absolute atomic E-state index is 0.0672. The molecule has 118 valence electrons. The van der Waals surface area contributed by atoms with Crippen molar-refractivity contribution < 1.29 is 9.13 Å². The molecule has 2 aliphatic heterocycles. The molecule has 0 radical (unpaired) electrons. The van der Waals surface area contributed by atoms with E-state index in [1.54, 1.807) is 6.07 Å². The molecule has 0 unspecified atom stereocenters. The van der Waals surface area contributed by atoms with Crippen molar-refractivity contribution in [3.8, 4) is 5.75 Å². The van der Waals surface area contributed by atoms with E-state index in [1.165, 1.54) is 12.1 Å². The summed E-state index contributed by atoms with van der Waals surface area (Å²) in [5.74, 6) is 0.396. The van der Waals surface area contributed by atoms with Gasteiger partial charge in [-0.1, -0.05) is 17.7 Å². The molecule has 0 amide bonds. The Labute approximate surface area is 144 Å². The normalized spacial score (nSPS) is 25.4. The summed E-state index contributed by atoms with van der Waals surface area (Å²) in [5.41, 5.74) is 1.01. The van der Waals surface area contributed by atoms with Gasteiger partial charge in [-0.25, -0.2) is 4.39 Å². The fourth-order valence-electron chi connectivity index (χ4n) is 3.35. The van der Waals surface area contributed by atoms with E-state index in [4.69, 9.17) is 28.6 Å². The largest absolute Gasteiger partial charge is 0.467 e. The Morgan fingerprint density at radius 3 is 2.96 bits per heavy atom. The number of nitrogens with zero attached hydrogens (tertiary/aromatic N) is 1. The second-order valence-corrected chi connectivity index (χ2v) is 6.80. The average molecular weight is 349 g/mol. The summed E-state index contributed by atoms with van der Waals surface area (Å²) in [5, 5.41) is 4.47. The maximum Gasteiger partial charge on any atom is 0.188 e. The van der Waals surface area contributed by atoms with Crippen molar-refractivity contribution in [2.24, 2.45) is 0 Å². The van der Waals surface area contributed by atoms with Crippen LogP contribution in [0.25, 0.3) is 0 Å². The molecule has 23 heavy (non-hydrogen) atoms. The zero-order valence-electron chi connectivity index (χ0n) is 12.3. The average Bonchev–Trinajstić information content (AvgIpc) is 2.47. The first-order chi connectivity index (χ1) is 11.0. The van der Waals surface area contributed by atoms with Gasteiger partial charge in [0.1, 0.15) is 11.6 Å². The van der Waals surface area contributed by atoms with Crippen LogP contribution >= 0.6 is 23.8 Å². The molecule has 1 N–H and O–H groups in total. The van der Waals surface area contributed by atoms with E-state index in [0.29, 0.717) is 22.3 Å². The van der Waals surface area contributed by atoms with Crippen molar-refractivity contribution in [1.82, 2.24) is 5.32 Å². The lowest BCUT2D eigenvalue weighted by Gasteiger charge is -2.52. The van der Waals surface area contributed by atoms with Gasteiger partial charge in [0.2, 0.25) is 0 Å². The molecule has 0 saturated carbocycles. The second kappa shape index (κ2) is 5.08. The Hall–Kier alpha value is -1.85. The van der Waals surface area contributed by atoms with Crippen LogP contribution < -0.4 is 15.0 Å². The fraction of sp³-hybridized carbons (Fsp3) is 0.235. The molecule has 0 aromatic heterocycles. The monoisotopic (exact) mass is 348 g/mol. The quantitative estimate of drug-likeness (QED) is 0.771. The molecule has 2 aromatic rings. The van der Waals surface area contributed by atoms with Crippen molar-refractivity contribution in [1.29, 1.82) is 0 Å². The van der Waals surface area contributed by atoms with Gasteiger partial charge in [-0.05, 0) is 55.5 Å². The van der Waals surface area contributed by atoms with Gasteiger partial charge < -0.3 is 10.1 Å². The van der Waals surface area contributed by atoms with Crippen molar-refractivity contribution >= 4 is 34.6 Å². The van der Waals surface area contributed by atoms with Crippen LogP contribution in [0.15, 0.2) is 42.5 Å². The Balaban J connectivity index is 1.81. The van der Waals surface area contributed by atoms with Gasteiger partial charge in [-0.15, -0.1) is 0 Å². The Morgan fingerprint density at radius 1 is 1.35 bits per heavy atom. The summed E-state index contributed by atoms with van der Waals surface area (Å²) in [4.78, 5) is 1.93. The van der Waals surface area contributed by atoms with Gasteiger partial charge in [-0.2, -0.15) is 0 Å². The molecule has 0 aliphatic carbocycles. The van der Waals surface area contributed by atoms with E-state index in [9.17, 15) is 4.39 Å². The van der Waals surface area contributed by atoms with Gasteiger partial charge >= 0.3 is 0 Å². The van der Waals surface area contributed by atoms with Gasteiger partial charge in [0.15, 0.2) is 10.8 Å². The van der Waals surface area contributed by atoms with E-state index in [2.05, 4.69) is 5.32 Å². The number of ether oxygens (including phenoxy) is 1. The summed E-state index contributed by atoms with van der Waals surface area (Å²) < 4.78 is 19.8. The van der Waals surface area contributed by atoms with Crippen LogP contribution in [-0.2, 0) is 0 Å². The highest BCUT2D eigenvalue weighted by Crippen LogP contribution is 2.45. The third-order valence-electron chi connectivity index (χ3n) is 4.30. The van der Waals surface area contributed by atoms with Gasteiger partial charge in [0.05, 0.1) is 6.04 Å². The number of anilines is 1. The minimum Gasteiger partial charge on any atom is -0.467 e. The first-order valence-electron chi connectivity index (χ1n) is 7.31. The van der Waals surface area contributed by atoms with Crippen LogP contribution in [-0.4, -0.2) is 10.8 Å². The molecule has 2 atom stereocenters. The third kappa shape index (κ3) is 2.35. The highest BCUT2D eigenvalue weighted by Gasteiger charge is 2.48. The molecule has 0 spiro atoms. The summed E-state index contributed by atoms with van der Waals surface area (Å²) in [6.45, 7) is 1.99. The number of halogens is 2. The number of nitrogens with one attached hydrogen (secondary N) is 1. The molecule has 1 saturated heterocycles. The van der Waals surface area contributed by atoms with Crippen LogP contribution in [0.4, 0.5) is 10.1 Å². The predicted molar refractivity (Wildman–Crippen MR) is 92.5 cm³/mol. The van der Waals surface area contributed by atoms with Gasteiger partial charge in [-0.3, -0.25) is 4.90 Å². The molecule has 2 aromatic carbocycles. The molecule has 4 rings (SSSR count). The molecular weight excluding hydrogens is 335 g/mol. The molecule has 1 fully saturated rings. The molecule has 6 heteroatoms. The zero-order valence-corrected chi connectivity index (χ0v) is 13.9. The van der Waals surface area contributed by atoms with Gasteiger partial charge in [0.25, 0.3) is 0 Å². The van der Waals surface area contributed by atoms with E-state index in [0.717, 1.165) is 11.3 Å². The first-order valence-corrected chi connectivity index (χ1v) is 8.10. The fourth-order valence-corrected chi connectivity index (χ4v) is 3.98. The molecule has 2 heterocycles. The molecule has 3 nitrogen and oxygen atoms in total. The van der Waals surface area contributed by atoms with Crippen molar-refractivity contribution in [2.75, 3.05) is 4.90 Å². The number of hydrogen-bond donors (Lipinski definition) is 1. The highest BCUT2D eigenvalue weighted by atomic mass is 35.5. The first kappa shape index (κ1) is 14.7. The predicted octanol–water partition coefficient (Wildman–Crippen LogP) is 4.41. The number of thiocarbonyl (C=S) groups is 1. The van der Waals surface area contributed by atoms with Crippen molar-refractivity contribution in [2.45, 2.75) is 25.1 Å². The Bertz CT molecular complexity index is 815. The number of fused-ring (bicyclic) bond motifs is 4. The number of benzene rings is 2. The summed E-state index contributed by atoms with van der Waals surface area (Å²) >= 11 is 11.7. The lowest BCUT2D eigenvalue weighted by molar-refractivity contribution is 0.0495. The maximum absolute atomic E-state index is 13.6. The summed E-state index contributed by atoms with van der Waals surface area (Å²) in [6.07, 6.45) is 0.649. The van der Waals surface area contributed by atoms with Crippen LogP contribution in [0, 0.1) is 5.82 Å². The third-order valence-corrected chi connectivity index (χ3v) is 4.84. The minimum atomic E-state index is -0.650. The van der Waals surface area contributed by atoms with Crippen molar-refractivity contribution in [3.63, 3.8) is 0 Å². The lowest BCUT2D eigenvalue weighted by atomic mass is 9.90. The SMILES string of the molecule is C[C@]12C[C@H](NC(=S)N1c1cccc(Cl)c1)c1cc(F)ccc1O2. The Kier molecular flexibility index (Phi) is 3.25. The van der Waals surface area contributed by atoms with E-state index >= 15 is 0 Å². The van der Waals surface area contributed by atoms with Crippen LogP contribution in [0.3, 0.4) is 0 Å². The summed E-state index contributed by atoms with van der Waals surface area (Å²) in [6, 6.07) is 12.0. The summed E-state index contributed by atoms with van der Waals surface area (Å²) in [7, 11) is 0. The highest BCUT2D eigenvalue weighted by molar-refractivity contribution is 7.80. The maximum atomic E-state index is 13.6. The molecular formula is C17H14ClFN2OS. The van der Waals surface area contributed by atoms with E-state index < -0.39 is 5.72 Å². The van der Waals surface area contributed by atoms with Crippen molar-refractivity contribution in [3.05, 3.63) is 58.9 Å². The number of rotatable bonds is 1. The second-order valence-electron chi connectivity index (χ2n) is 5.98.